The summed E-state index contributed by atoms with van der Waals surface area (Å²) in [5.41, 5.74) is 6.26. The van der Waals surface area contributed by atoms with Crippen molar-refractivity contribution in [3.8, 4) is 0 Å². The molecule has 0 spiro atoms. The van der Waals surface area contributed by atoms with Gasteiger partial charge in [-0.05, 0) is 20.8 Å². The first-order chi connectivity index (χ1) is 9.43. The minimum Gasteiger partial charge on any atom is -0.409 e. The summed E-state index contributed by atoms with van der Waals surface area (Å²) in [7, 11) is 0. The summed E-state index contributed by atoms with van der Waals surface area (Å²) in [4.78, 5) is 13.1. The molecule has 7 heteroatoms. The van der Waals surface area contributed by atoms with Crippen LogP contribution in [0.25, 0.3) is 0 Å². The second kappa shape index (κ2) is 5.62. The number of rotatable bonds is 2. The van der Waals surface area contributed by atoms with E-state index < -0.39 is 0 Å². The SMILES string of the molecule is CC(C)(C)N1CCN(c2nccnc2C(N)=NO)CC1. The number of piperazine rings is 1. The zero-order valence-corrected chi connectivity index (χ0v) is 12.2. The summed E-state index contributed by atoms with van der Waals surface area (Å²) in [6, 6.07) is 0. The van der Waals surface area contributed by atoms with Gasteiger partial charge in [0.25, 0.3) is 0 Å². The molecule has 7 nitrogen and oxygen atoms in total. The zero-order chi connectivity index (χ0) is 14.8. The maximum absolute atomic E-state index is 8.83. The molecule has 1 saturated heterocycles. The molecule has 0 atom stereocenters. The van der Waals surface area contributed by atoms with Crippen LogP contribution in [0.15, 0.2) is 17.5 Å². The van der Waals surface area contributed by atoms with Crippen LogP contribution in [0.1, 0.15) is 26.5 Å². The van der Waals surface area contributed by atoms with E-state index in [-0.39, 0.29) is 11.4 Å². The monoisotopic (exact) mass is 278 g/mol. The van der Waals surface area contributed by atoms with E-state index in [1.165, 1.54) is 0 Å². The minimum absolute atomic E-state index is 0.00801. The average Bonchev–Trinajstić information content (AvgIpc) is 2.45. The molecule has 0 aromatic carbocycles. The van der Waals surface area contributed by atoms with Crippen molar-refractivity contribution < 1.29 is 5.21 Å². The van der Waals surface area contributed by atoms with Gasteiger partial charge < -0.3 is 15.8 Å². The van der Waals surface area contributed by atoms with Crippen molar-refractivity contribution in [3.63, 3.8) is 0 Å². The lowest BCUT2D eigenvalue weighted by molar-refractivity contribution is 0.128. The molecule has 0 unspecified atom stereocenters. The van der Waals surface area contributed by atoms with Crippen molar-refractivity contribution >= 4 is 11.7 Å². The van der Waals surface area contributed by atoms with Gasteiger partial charge in [-0.2, -0.15) is 0 Å². The van der Waals surface area contributed by atoms with Crippen molar-refractivity contribution in [1.29, 1.82) is 0 Å². The average molecular weight is 278 g/mol. The van der Waals surface area contributed by atoms with Crippen LogP contribution in [0.5, 0.6) is 0 Å². The molecular weight excluding hydrogens is 256 g/mol. The Hall–Kier alpha value is -1.89. The van der Waals surface area contributed by atoms with Crippen LogP contribution < -0.4 is 10.6 Å². The maximum atomic E-state index is 8.83. The number of nitrogens with two attached hydrogens (primary N) is 1. The molecule has 0 bridgehead atoms. The molecule has 1 aromatic heterocycles. The predicted octanol–water partition coefficient (Wildman–Crippen LogP) is 0.492. The van der Waals surface area contributed by atoms with Crippen molar-refractivity contribution in [2.45, 2.75) is 26.3 Å². The van der Waals surface area contributed by atoms with Gasteiger partial charge in [-0.3, -0.25) is 4.90 Å². The Morgan fingerprint density at radius 2 is 1.80 bits per heavy atom. The predicted molar refractivity (Wildman–Crippen MR) is 78.1 cm³/mol. The molecule has 0 radical (unpaired) electrons. The fourth-order valence-corrected chi connectivity index (χ4v) is 2.38. The molecular formula is C13H22N6O. The Morgan fingerprint density at radius 3 is 2.35 bits per heavy atom. The zero-order valence-electron chi connectivity index (χ0n) is 12.2. The van der Waals surface area contributed by atoms with Gasteiger partial charge in [0, 0.05) is 44.1 Å². The lowest BCUT2D eigenvalue weighted by Crippen LogP contribution is -2.54. The molecule has 1 aliphatic heterocycles. The summed E-state index contributed by atoms with van der Waals surface area (Å²) in [6.45, 7) is 10.3. The Balaban J connectivity index is 2.15. The van der Waals surface area contributed by atoms with E-state index in [2.05, 4.69) is 45.7 Å². The third-order valence-electron chi connectivity index (χ3n) is 3.56. The summed E-state index contributed by atoms with van der Waals surface area (Å²) in [6.07, 6.45) is 3.17. The van der Waals surface area contributed by atoms with Gasteiger partial charge in [-0.15, -0.1) is 0 Å². The highest BCUT2D eigenvalue weighted by Crippen LogP contribution is 2.20. The van der Waals surface area contributed by atoms with Crippen LogP contribution in [0.3, 0.4) is 0 Å². The molecule has 1 aliphatic rings. The fourth-order valence-electron chi connectivity index (χ4n) is 2.38. The normalized spacial score (nSPS) is 18.4. The third kappa shape index (κ3) is 2.98. The van der Waals surface area contributed by atoms with E-state index in [9.17, 15) is 0 Å². The Bertz CT molecular complexity index is 488. The van der Waals surface area contributed by atoms with Crippen LogP contribution >= 0.6 is 0 Å². The number of aromatic nitrogens is 2. The lowest BCUT2D eigenvalue weighted by atomic mass is 10.0. The summed E-state index contributed by atoms with van der Waals surface area (Å²) < 4.78 is 0. The molecule has 1 fully saturated rings. The molecule has 3 N–H and O–H groups in total. The van der Waals surface area contributed by atoms with Crippen molar-refractivity contribution in [2.24, 2.45) is 10.9 Å². The number of oxime groups is 1. The largest absolute Gasteiger partial charge is 0.409 e. The summed E-state index contributed by atoms with van der Waals surface area (Å²) >= 11 is 0. The molecule has 0 amide bonds. The van der Waals surface area contributed by atoms with Crippen LogP contribution in [0, 0.1) is 0 Å². The van der Waals surface area contributed by atoms with E-state index >= 15 is 0 Å². The van der Waals surface area contributed by atoms with Crippen LogP contribution in [-0.2, 0) is 0 Å². The van der Waals surface area contributed by atoms with Gasteiger partial charge in [0.1, 0.15) is 0 Å². The third-order valence-corrected chi connectivity index (χ3v) is 3.56. The van der Waals surface area contributed by atoms with Gasteiger partial charge in [0.2, 0.25) is 0 Å². The van der Waals surface area contributed by atoms with Crippen molar-refractivity contribution in [2.75, 3.05) is 31.1 Å². The first-order valence-electron chi connectivity index (χ1n) is 6.72. The van der Waals surface area contributed by atoms with E-state index in [1.807, 2.05) is 0 Å². The molecule has 110 valence electrons. The van der Waals surface area contributed by atoms with Gasteiger partial charge >= 0.3 is 0 Å². The highest BCUT2D eigenvalue weighted by atomic mass is 16.4. The Morgan fingerprint density at radius 1 is 1.20 bits per heavy atom. The quantitative estimate of drug-likeness (QED) is 0.354. The van der Waals surface area contributed by atoms with Gasteiger partial charge in [-0.1, -0.05) is 5.16 Å². The van der Waals surface area contributed by atoms with Crippen LogP contribution in [-0.4, -0.2) is 57.6 Å². The topological polar surface area (TPSA) is 90.9 Å². The number of hydrogen-bond donors (Lipinski definition) is 2. The van der Waals surface area contributed by atoms with E-state index in [0.717, 1.165) is 26.2 Å². The molecule has 2 rings (SSSR count). The Kier molecular flexibility index (Phi) is 4.08. The molecule has 20 heavy (non-hydrogen) atoms. The molecule has 0 saturated carbocycles. The maximum Gasteiger partial charge on any atom is 0.192 e. The number of nitrogens with zero attached hydrogens (tertiary/aromatic N) is 5. The van der Waals surface area contributed by atoms with E-state index in [0.29, 0.717) is 11.5 Å². The van der Waals surface area contributed by atoms with Crippen LogP contribution in [0.2, 0.25) is 0 Å². The second-order valence-electron chi connectivity index (χ2n) is 5.86. The van der Waals surface area contributed by atoms with E-state index in [4.69, 9.17) is 10.9 Å². The highest BCUT2D eigenvalue weighted by Gasteiger charge is 2.27. The fraction of sp³-hybridized carbons (Fsp3) is 0.615. The number of amidine groups is 1. The van der Waals surface area contributed by atoms with Crippen molar-refractivity contribution in [3.05, 3.63) is 18.1 Å². The van der Waals surface area contributed by atoms with Gasteiger partial charge in [0.05, 0.1) is 0 Å². The summed E-state index contributed by atoms with van der Waals surface area (Å²) in [5.74, 6) is 0.669. The number of hydrogen-bond acceptors (Lipinski definition) is 6. The number of anilines is 1. The molecule has 1 aromatic rings. The van der Waals surface area contributed by atoms with Crippen molar-refractivity contribution in [1.82, 2.24) is 14.9 Å². The first-order valence-corrected chi connectivity index (χ1v) is 6.72. The van der Waals surface area contributed by atoms with Crippen LogP contribution in [0.4, 0.5) is 5.82 Å². The minimum atomic E-state index is -0.00801. The first kappa shape index (κ1) is 14.5. The Labute approximate surface area is 119 Å². The highest BCUT2D eigenvalue weighted by molar-refractivity contribution is 5.99. The standard InChI is InChI=1S/C13H22N6O/c1-13(2,3)19-8-6-18(7-9-19)12-10(11(14)17-20)15-4-5-16-12/h4-5,20H,6-9H2,1-3H3,(H2,14,17). The molecule has 2 heterocycles. The second-order valence-corrected chi connectivity index (χ2v) is 5.86. The smallest absolute Gasteiger partial charge is 0.192 e. The molecule has 0 aliphatic carbocycles. The summed E-state index contributed by atoms with van der Waals surface area (Å²) in [5, 5.41) is 11.9. The van der Waals surface area contributed by atoms with Gasteiger partial charge in [0.15, 0.2) is 17.3 Å². The van der Waals surface area contributed by atoms with Gasteiger partial charge in [-0.25, -0.2) is 9.97 Å². The lowest BCUT2D eigenvalue weighted by Gasteiger charge is -2.42. The van der Waals surface area contributed by atoms with E-state index in [1.54, 1.807) is 12.4 Å².